The normalized spacial score (nSPS) is 28.7. The molecule has 1 aromatic carbocycles. The predicted molar refractivity (Wildman–Crippen MR) is 82.1 cm³/mol. The summed E-state index contributed by atoms with van der Waals surface area (Å²) < 4.78 is 5.02. The minimum absolute atomic E-state index is 0.0851. The Bertz CT molecular complexity index is 501. The van der Waals surface area contributed by atoms with Crippen LogP contribution in [-0.4, -0.2) is 13.1 Å². The van der Waals surface area contributed by atoms with Crippen LogP contribution in [0.2, 0.25) is 0 Å². The summed E-state index contributed by atoms with van der Waals surface area (Å²) in [5.41, 5.74) is 0.716. The quantitative estimate of drug-likeness (QED) is 0.766. The first-order chi connectivity index (χ1) is 9.41. The van der Waals surface area contributed by atoms with Crippen molar-refractivity contribution in [1.82, 2.24) is 0 Å². The van der Waals surface area contributed by atoms with Crippen LogP contribution in [0.4, 0.5) is 0 Å². The molecule has 0 spiro atoms. The van der Waals surface area contributed by atoms with E-state index < -0.39 is 5.41 Å². The van der Waals surface area contributed by atoms with Crippen LogP contribution in [0.3, 0.4) is 0 Å². The SMILES string of the molecule is COC(=O)[C@@]1(C)CC[C@H](/C=C\c2ccccc2)C1(C)C. The van der Waals surface area contributed by atoms with Crippen LogP contribution in [0.1, 0.15) is 39.2 Å². The molecule has 1 aromatic rings. The van der Waals surface area contributed by atoms with Gasteiger partial charge in [-0.25, -0.2) is 0 Å². The van der Waals surface area contributed by atoms with Crippen molar-refractivity contribution >= 4 is 12.0 Å². The number of methoxy groups -OCH3 is 1. The Kier molecular flexibility index (Phi) is 4.03. The number of allylic oxidation sites excluding steroid dienone is 1. The Morgan fingerprint density at radius 3 is 2.50 bits per heavy atom. The lowest BCUT2D eigenvalue weighted by Gasteiger charge is -2.38. The zero-order valence-corrected chi connectivity index (χ0v) is 12.8. The van der Waals surface area contributed by atoms with E-state index >= 15 is 0 Å². The van der Waals surface area contributed by atoms with E-state index in [9.17, 15) is 4.79 Å². The lowest BCUT2D eigenvalue weighted by Crippen LogP contribution is -2.41. The lowest BCUT2D eigenvalue weighted by atomic mass is 9.65. The summed E-state index contributed by atoms with van der Waals surface area (Å²) in [6.45, 7) is 6.39. The third-order valence-electron chi connectivity index (χ3n) is 5.26. The summed E-state index contributed by atoms with van der Waals surface area (Å²) >= 11 is 0. The molecular weight excluding hydrogens is 248 g/mol. The third kappa shape index (κ3) is 2.39. The fraction of sp³-hybridized carbons (Fsp3) is 0.500. The number of carbonyl (C=O) groups excluding carboxylic acids is 1. The van der Waals surface area contributed by atoms with Gasteiger partial charge in [0.05, 0.1) is 12.5 Å². The van der Waals surface area contributed by atoms with Crippen molar-refractivity contribution in [3.63, 3.8) is 0 Å². The average Bonchev–Trinajstić information content (AvgIpc) is 2.69. The molecule has 0 saturated heterocycles. The van der Waals surface area contributed by atoms with Crippen LogP contribution < -0.4 is 0 Å². The first kappa shape index (κ1) is 14.8. The monoisotopic (exact) mass is 272 g/mol. The van der Waals surface area contributed by atoms with Gasteiger partial charge >= 0.3 is 5.97 Å². The molecule has 20 heavy (non-hydrogen) atoms. The summed E-state index contributed by atoms with van der Waals surface area (Å²) in [6, 6.07) is 10.3. The Morgan fingerprint density at radius 2 is 1.90 bits per heavy atom. The lowest BCUT2D eigenvalue weighted by molar-refractivity contribution is -0.157. The average molecular weight is 272 g/mol. The molecule has 0 N–H and O–H groups in total. The molecule has 0 amide bonds. The maximum Gasteiger partial charge on any atom is 0.312 e. The standard InChI is InChI=1S/C18H24O2/c1-17(2)15(11-10-14-8-6-5-7-9-14)12-13-18(17,3)16(19)20-4/h5-11,15H,12-13H2,1-4H3/b11-10-/t15-,18+/m0/s1. The maximum atomic E-state index is 12.1. The molecule has 108 valence electrons. The summed E-state index contributed by atoms with van der Waals surface area (Å²) in [7, 11) is 1.48. The van der Waals surface area contributed by atoms with Crippen LogP contribution in [-0.2, 0) is 9.53 Å². The molecule has 2 rings (SSSR count). The first-order valence-electron chi connectivity index (χ1n) is 7.23. The summed E-state index contributed by atoms with van der Waals surface area (Å²) in [6.07, 6.45) is 6.33. The van der Waals surface area contributed by atoms with Gasteiger partial charge in [0, 0.05) is 0 Å². The number of rotatable bonds is 3. The van der Waals surface area contributed by atoms with Crippen molar-refractivity contribution in [3.8, 4) is 0 Å². The Hall–Kier alpha value is -1.57. The van der Waals surface area contributed by atoms with Gasteiger partial charge in [-0.05, 0) is 36.7 Å². The summed E-state index contributed by atoms with van der Waals surface area (Å²) in [4.78, 5) is 12.1. The highest BCUT2D eigenvalue weighted by atomic mass is 16.5. The van der Waals surface area contributed by atoms with Crippen molar-refractivity contribution in [1.29, 1.82) is 0 Å². The highest BCUT2D eigenvalue weighted by molar-refractivity contribution is 5.78. The minimum Gasteiger partial charge on any atom is -0.469 e. The Morgan fingerprint density at radius 1 is 1.25 bits per heavy atom. The molecule has 1 aliphatic rings. The molecule has 2 atom stereocenters. The number of benzene rings is 1. The third-order valence-corrected chi connectivity index (χ3v) is 5.26. The number of esters is 1. The molecule has 0 bridgehead atoms. The van der Waals surface area contributed by atoms with E-state index in [-0.39, 0.29) is 11.4 Å². The van der Waals surface area contributed by atoms with Gasteiger partial charge in [0.2, 0.25) is 0 Å². The number of carbonyl (C=O) groups is 1. The van der Waals surface area contributed by atoms with Crippen molar-refractivity contribution in [2.24, 2.45) is 16.7 Å². The largest absolute Gasteiger partial charge is 0.469 e. The van der Waals surface area contributed by atoms with Crippen molar-refractivity contribution in [2.75, 3.05) is 7.11 Å². The predicted octanol–water partition coefficient (Wildman–Crippen LogP) is 4.32. The van der Waals surface area contributed by atoms with Crippen LogP contribution in [0, 0.1) is 16.7 Å². The van der Waals surface area contributed by atoms with E-state index in [1.54, 1.807) is 0 Å². The maximum absolute atomic E-state index is 12.1. The summed E-state index contributed by atoms with van der Waals surface area (Å²) in [5.74, 6) is 0.310. The second-order valence-electron chi connectivity index (χ2n) is 6.46. The molecular formula is C18H24O2. The number of hydrogen-bond acceptors (Lipinski definition) is 2. The molecule has 0 aromatic heterocycles. The zero-order valence-electron chi connectivity index (χ0n) is 12.8. The molecule has 0 heterocycles. The van der Waals surface area contributed by atoms with Gasteiger partial charge < -0.3 is 4.74 Å². The van der Waals surface area contributed by atoms with E-state index in [1.807, 2.05) is 25.1 Å². The van der Waals surface area contributed by atoms with Gasteiger partial charge in [0.25, 0.3) is 0 Å². The number of ether oxygens (including phenoxy) is 1. The van der Waals surface area contributed by atoms with E-state index in [2.05, 4.69) is 38.1 Å². The summed E-state index contributed by atoms with van der Waals surface area (Å²) in [5, 5.41) is 0. The molecule has 0 aliphatic heterocycles. The van der Waals surface area contributed by atoms with Crippen LogP contribution in [0.15, 0.2) is 36.4 Å². The highest BCUT2D eigenvalue weighted by Crippen LogP contribution is 2.57. The van der Waals surface area contributed by atoms with Crippen LogP contribution in [0.25, 0.3) is 6.08 Å². The molecule has 1 fully saturated rings. The minimum atomic E-state index is -0.395. The Labute approximate surface area is 121 Å². The van der Waals surface area contributed by atoms with E-state index in [4.69, 9.17) is 4.74 Å². The molecule has 1 aliphatic carbocycles. The molecule has 1 saturated carbocycles. The van der Waals surface area contributed by atoms with Gasteiger partial charge in [-0.3, -0.25) is 4.79 Å². The molecule has 0 unspecified atom stereocenters. The van der Waals surface area contributed by atoms with Crippen molar-refractivity contribution in [3.05, 3.63) is 42.0 Å². The zero-order chi connectivity index (χ0) is 14.8. The van der Waals surface area contributed by atoms with E-state index in [0.29, 0.717) is 5.92 Å². The first-order valence-corrected chi connectivity index (χ1v) is 7.23. The fourth-order valence-corrected chi connectivity index (χ4v) is 3.25. The van der Waals surface area contributed by atoms with Crippen LogP contribution in [0.5, 0.6) is 0 Å². The van der Waals surface area contributed by atoms with Crippen LogP contribution >= 0.6 is 0 Å². The highest BCUT2D eigenvalue weighted by Gasteiger charge is 2.55. The fourth-order valence-electron chi connectivity index (χ4n) is 3.25. The molecule has 2 heteroatoms. The second-order valence-corrected chi connectivity index (χ2v) is 6.46. The smallest absolute Gasteiger partial charge is 0.312 e. The Balaban J connectivity index is 2.20. The molecule has 0 radical (unpaired) electrons. The van der Waals surface area contributed by atoms with Gasteiger partial charge in [0.15, 0.2) is 0 Å². The second kappa shape index (κ2) is 5.43. The van der Waals surface area contributed by atoms with Gasteiger partial charge in [-0.15, -0.1) is 0 Å². The van der Waals surface area contributed by atoms with E-state index in [1.165, 1.54) is 12.7 Å². The van der Waals surface area contributed by atoms with Gasteiger partial charge in [-0.1, -0.05) is 56.3 Å². The van der Waals surface area contributed by atoms with E-state index in [0.717, 1.165) is 12.8 Å². The van der Waals surface area contributed by atoms with Gasteiger partial charge in [-0.2, -0.15) is 0 Å². The van der Waals surface area contributed by atoms with Crippen molar-refractivity contribution < 1.29 is 9.53 Å². The molecule has 2 nitrogen and oxygen atoms in total. The topological polar surface area (TPSA) is 26.3 Å². The van der Waals surface area contributed by atoms with Crippen molar-refractivity contribution in [2.45, 2.75) is 33.6 Å². The van der Waals surface area contributed by atoms with Gasteiger partial charge in [0.1, 0.15) is 0 Å². The number of hydrogen-bond donors (Lipinski definition) is 0.